The molecular formula is C7H14NO2+. The molecule has 1 amide bonds. The van der Waals surface area contributed by atoms with Crippen LogP contribution in [-0.2, 0) is 9.53 Å². The predicted octanol–water partition coefficient (Wildman–Crippen LogP) is 0.00810. The molecule has 0 N–H and O–H groups in total. The van der Waals surface area contributed by atoms with Gasteiger partial charge in [-0.3, -0.25) is 4.48 Å². The first-order valence-electron chi connectivity index (χ1n) is 3.48. The van der Waals surface area contributed by atoms with Crippen molar-refractivity contribution in [3.8, 4) is 0 Å². The zero-order valence-corrected chi connectivity index (χ0v) is 6.76. The molecule has 1 aliphatic rings. The minimum atomic E-state index is 0.190. The molecule has 0 bridgehead atoms. The molecule has 10 heavy (non-hydrogen) atoms. The molecular weight excluding hydrogens is 130 g/mol. The molecule has 3 nitrogen and oxygen atoms in total. The summed E-state index contributed by atoms with van der Waals surface area (Å²) in [7, 11) is 3.81. The van der Waals surface area contributed by atoms with Crippen LogP contribution in [0.5, 0.6) is 0 Å². The van der Waals surface area contributed by atoms with Crippen molar-refractivity contribution in [2.75, 3.05) is 27.2 Å². The van der Waals surface area contributed by atoms with Gasteiger partial charge in [0.15, 0.2) is 0 Å². The molecule has 0 aromatic carbocycles. The lowest BCUT2D eigenvalue weighted by Crippen LogP contribution is -2.46. The molecule has 58 valence electrons. The minimum absolute atomic E-state index is 0.190. The minimum Gasteiger partial charge on any atom is -0.367 e. The van der Waals surface area contributed by atoms with E-state index >= 15 is 0 Å². The number of nitrogens with zero attached hydrogens (tertiary/aromatic N) is 1. The van der Waals surface area contributed by atoms with E-state index in [-0.39, 0.29) is 5.91 Å². The zero-order chi connectivity index (χ0) is 7.78. The first kappa shape index (κ1) is 7.69. The lowest BCUT2D eigenvalue weighted by molar-refractivity contribution is -0.813. The Morgan fingerprint density at radius 2 is 2.20 bits per heavy atom. The van der Waals surface area contributed by atoms with Gasteiger partial charge in [0, 0.05) is 0 Å². The van der Waals surface area contributed by atoms with Gasteiger partial charge in [0.1, 0.15) is 12.6 Å². The molecule has 1 atom stereocenters. The number of carbonyl (C=O) groups excluding carboxylic acids is 1. The topological polar surface area (TPSA) is 29.6 Å². The van der Waals surface area contributed by atoms with Crippen LogP contribution in [0, 0.1) is 0 Å². The van der Waals surface area contributed by atoms with Gasteiger partial charge in [-0.05, 0) is 0 Å². The SMILES string of the molecule is CC(=O)[N+](C)(C)CC1CO1. The standard InChI is InChI=1S/C7H14NO2/c1-6(9)8(2,3)4-7-5-10-7/h7H,4-5H2,1-3H3/q+1. The average Bonchev–Trinajstić information content (AvgIpc) is 2.48. The molecule has 1 fully saturated rings. The van der Waals surface area contributed by atoms with Gasteiger partial charge in [0.2, 0.25) is 0 Å². The van der Waals surface area contributed by atoms with E-state index in [9.17, 15) is 4.79 Å². The highest BCUT2D eigenvalue weighted by molar-refractivity contribution is 5.65. The third kappa shape index (κ3) is 1.78. The van der Waals surface area contributed by atoms with Crippen LogP contribution in [-0.4, -0.2) is 43.7 Å². The number of rotatable bonds is 2. The normalized spacial score (nSPS) is 24.5. The first-order valence-corrected chi connectivity index (χ1v) is 3.48. The van der Waals surface area contributed by atoms with E-state index < -0.39 is 0 Å². The van der Waals surface area contributed by atoms with Gasteiger partial charge in [-0.1, -0.05) is 0 Å². The van der Waals surface area contributed by atoms with Crippen LogP contribution in [0.2, 0.25) is 0 Å². The molecule has 1 aliphatic heterocycles. The Morgan fingerprint density at radius 3 is 2.50 bits per heavy atom. The van der Waals surface area contributed by atoms with Crippen molar-refractivity contribution in [1.82, 2.24) is 0 Å². The van der Waals surface area contributed by atoms with E-state index in [0.29, 0.717) is 10.6 Å². The summed E-state index contributed by atoms with van der Waals surface area (Å²) in [4.78, 5) is 10.9. The summed E-state index contributed by atoms with van der Waals surface area (Å²) in [6.45, 7) is 3.26. The molecule has 1 rings (SSSR count). The Kier molecular flexibility index (Phi) is 1.79. The number of likely N-dealkylation sites (N-methyl/N-ethyl adjacent to an activating group) is 1. The van der Waals surface area contributed by atoms with Crippen molar-refractivity contribution in [2.24, 2.45) is 0 Å². The number of carbonyl (C=O) groups is 1. The second kappa shape index (κ2) is 2.32. The zero-order valence-electron chi connectivity index (χ0n) is 6.76. The Labute approximate surface area is 61.2 Å². The fraction of sp³-hybridized carbons (Fsp3) is 0.857. The Morgan fingerprint density at radius 1 is 1.70 bits per heavy atom. The molecule has 0 aliphatic carbocycles. The third-order valence-electron chi connectivity index (χ3n) is 1.91. The number of hydrogen-bond acceptors (Lipinski definition) is 2. The Bertz CT molecular complexity index is 150. The van der Waals surface area contributed by atoms with Crippen molar-refractivity contribution in [3.05, 3.63) is 0 Å². The van der Waals surface area contributed by atoms with Crippen LogP contribution in [0.3, 0.4) is 0 Å². The number of quaternary nitrogens is 1. The molecule has 3 heteroatoms. The van der Waals surface area contributed by atoms with Gasteiger partial charge in [-0.2, -0.15) is 0 Å². The van der Waals surface area contributed by atoms with Crippen molar-refractivity contribution in [3.63, 3.8) is 0 Å². The number of amides is 1. The summed E-state index contributed by atoms with van der Waals surface area (Å²) in [5.74, 6) is 0.190. The number of epoxide rings is 1. The van der Waals surface area contributed by atoms with Gasteiger partial charge in [-0.15, -0.1) is 0 Å². The molecule has 1 unspecified atom stereocenters. The fourth-order valence-corrected chi connectivity index (χ4v) is 0.811. The molecule has 1 saturated heterocycles. The summed E-state index contributed by atoms with van der Waals surface area (Å²) in [6, 6.07) is 0. The first-order chi connectivity index (χ1) is 4.52. The highest BCUT2D eigenvalue weighted by atomic mass is 16.6. The van der Waals surface area contributed by atoms with Gasteiger partial charge in [0.25, 0.3) is 0 Å². The van der Waals surface area contributed by atoms with E-state index in [1.807, 2.05) is 14.1 Å². The quantitative estimate of drug-likeness (QED) is 0.403. The van der Waals surface area contributed by atoms with E-state index in [1.54, 1.807) is 6.92 Å². The van der Waals surface area contributed by atoms with E-state index in [2.05, 4.69) is 0 Å². The molecule has 0 spiro atoms. The summed E-state index contributed by atoms with van der Waals surface area (Å²) in [6.07, 6.45) is 0.332. The second-order valence-electron chi connectivity index (χ2n) is 3.34. The maximum atomic E-state index is 10.9. The van der Waals surface area contributed by atoms with Crippen LogP contribution in [0.25, 0.3) is 0 Å². The predicted molar refractivity (Wildman–Crippen MR) is 37.4 cm³/mol. The maximum absolute atomic E-state index is 10.9. The van der Waals surface area contributed by atoms with Crippen LogP contribution >= 0.6 is 0 Å². The fourth-order valence-electron chi connectivity index (χ4n) is 0.811. The summed E-state index contributed by atoms with van der Waals surface area (Å²) in [5, 5.41) is 0. The van der Waals surface area contributed by atoms with Crippen molar-refractivity contribution in [2.45, 2.75) is 13.0 Å². The summed E-state index contributed by atoms with van der Waals surface area (Å²) >= 11 is 0. The van der Waals surface area contributed by atoms with E-state index in [0.717, 1.165) is 13.2 Å². The highest BCUT2D eigenvalue weighted by Crippen LogP contribution is 2.13. The molecule has 0 aromatic rings. The molecule has 1 heterocycles. The smallest absolute Gasteiger partial charge is 0.310 e. The molecule has 0 radical (unpaired) electrons. The summed E-state index contributed by atoms with van der Waals surface area (Å²) < 4.78 is 5.46. The van der Waals surface area contributed by atoms with Crippen LogP contribution in [0.1, 0.15) is 6.92 Å². The van der Waals surface area contributed by atoms with Gasteiger partial charge < -0.3 is 4.74 Å². The average molecular weight is 144 g/mol. The van der Waals surface area contributed by atoms with Crippen molar-refractivity contribution >= 4 is 5.91 Å². The second-order valence-corrected chi connectivity index (χ2v) is 3.34. The summed E-state index contributed by atoms with van der Waals surface area (Å²) in [5.41, 5.74) is 0. The lowest BCUT2D eigenvalue weighted by atomic mass is 10.3. The molecule has 0 saturated carbocycles. The number of ether oxygens (including phenoxy) is 1. The Balaban J connectivity index is 2.40. The van der Waals surface area contributed by atoms with Crippen LogP contribution < -0.4 is 0 Å². The highest BCUT2D eigenvalue weighted by Gasteiger charge is 2.34. The monoisotopic (exact) mass is 144 g/mol. The van der Waals surface area contributed by atoms with E-state index in [1.165, 1.54) is 0 Å². The van der Waals surface area contributed by atoms with Crippen molar-refractivity contribution < 1.29 is 14.0 Å². The van der Waals surface area contributed by atoms with Crippen LogP contribution in [0.15, 0.2) is 0 Å². The van der Waals surface area contributed by atoms with E-state index in [4.69, 9.17) is 4.74 Å². The lowest BCUT2D eigenvalue weighted by Gasteiger charge is -2.23. The third-order valence-corrected chi connectivity index (χ3v) is 1.91. The molecule has 0 aromatic heterocycles. The van der Waals surface area contributed by atoms with Gasteiger partial charge in [-0.25, -0.2) is 4.79 Å². The van der Waals surface area contributed by atoms with Gasteiger partial charge in [0.05, 0.1) is 27.6 Å². The Hall–Kier alpha value is -0.410. The number of hydrogen-bond donors (Lipinski definition) is 0. The largest absolute Gasteiger partial charge is 0.367 e. The maximum Gasteiger partial charge on any atom is 0.310 e. The van der Waals surface area contributed by atoms with Gasteiger partial charge >= 0.3 is 5.91 Å². The van der Waals surface area contributed by atoms with Crippen LogP contribution in [0.4, 0.5) is 0 Å². The van der Waals surface area contributed by atoms with Crippen molar-refractivity contribution in [1.29, 1.82) is 0 Å².